The molecule has 0 spiro atoms. The summed E-state index contributed by atoms with van der Waals surface area (Å²) < 4.78 is 21.7. The maximum absolute atomic E-state index is 12.0. The van der Waals surface area contributed by atoms with Crippen LogP contribution in [0.4, 0.5) is 0 Å². The van der Waals surface area contributed by atoms with Gasteiger partial charge in [-0.25, -0.2) is 4.79 Å². The van der Waals surface area contributed by atoms with Gasteiger partial charge in [-0.3, -0.25) is 9.00 Å². The van der Waals surface area contributed by atoms with E-state index in [0.29, 0.717) is 13.2 Å². The van der Waals surface area contributed by atoms with Crippen molar-refractivity contribution >= 4 is 22.7 Å². The monoisotopic (exact) mass is 289 g/mol. The van der Waals surface area contributed by atoms with Gasteiger partial charge in [0.15, 0.2) is 5.09 Å². The first-order valence-electron chi connectivity index (χ1n) is 5.47. The lowest BCUT2D eigenvalue weighted by molar-refractivity contribution is -0.120. The minimum absolute atomic E-state index is 0.0354. The minimum atomic E-state index is -1.74. The van der Waals surface area contributed by atoms with E-state index in [2.05, 4.69) is 5.32 Å². The quantitative estimate of drug-likeness (QED) is 0.696. The van der Waals surface area contributed by atoms with Crippen molar-refractivity contribution in [3.05, 3.63) is 17.9 Å². The van der Waals surface area contributed by atoms with Crippen LogP contribution >= 0.6 is 0 Å². The molecule has 7 nitrogen and oxygen atoms in total. The molecule has 0 aliphatic heterocycles. The maximum Gasteiger partial charge on any atom is 0.371 e. The van der Waals surface area contributed by atoms with E-state index in [-0.39, 0.29) is 10.9 Å². The Morgan fingerprint density at radius 2 is 2.21 bits per heavy atom. The third-order valence-electron chi connectivity index (χ3n) is 2.29. The van der Waals surface area contributed by atoms with Gasteiger partial charge >= 0.3 is 5.97 Å². The van der Waals surface area contributed by atoms with Crippen molar-refractivity contribution in [3.8, 4) is 0 Å². The number of rotatable bonds is 7. The van der Waals surface area contributed by atoms with E-state index in [1.165, 1.54) is 26.2 Å². The Labute approximate surface area is 112 Å². The molecular weight excluding hydrogens is 274 g/mol. The van der Waals surface area contributed by atoms with Crippen molar-refractivity contribution in [2.45, 2.75) is 17.3 Å². The summed E-state index contributed by atoms with van der Waals surface area (Å²) in [5.74, 6) is -1.97. The van der Waals surface area contributed by atoms with E-state index in [4.69, 9.17) is 14.3 Å². The number of ether oxygens (including phenoxy) is 1. The second-order valence-electron chi connectivity index (χ2n) is 3.65. The Bertz CT molecular complexity index is 483. The molecule has 2 N–H and O–H groups in total. The zero-order valence-electron chi connectivity index (χ0n) is 10.5. The highest BCUT2D eigenvalue weighted by molar-refractivity contribution is 7.86. The van der Waals surface area contributed by atoms with E-state index in [0.717, 1.165) is 0 Å². The Balaban J connectivity index is 2.65. The van der Waals surface area contributed by atoms with Crippen molar-refractivity contribution in [2.75, 3.05) is 20.3 Å². The van der Waals surface area contributed by atoms with Gasteiger partial charge in [0.1, 0.15) is 16.0 Å². The van der Waals surface area contributed by atoms with Gasteiger partial charge in [-0.1, -0.05) is 0 Å². The molecule has 0 aliphatic rings. The minimum Gasteiger partial charge on any atom is -0.475 e. The molecule has 0 radical (unpaired) electrons. The topological polar surface area (TPSA) is 106 Å². The first kappa shape index (κ1) is 15.4. The molecule has 19 heavy (non-hydrogen) atoms. The third-order valence-corrected chi connectivity index (χ3v) is 3.76. The van der Waals surface area contributed by atoms with Crippen LogP contribution < -0.4 is 5.32 Å². The van der Waals surface area contributed by atoms with Crippen LogP contribution in [0.3, 0.4) is 0 Å². The highest BCUT2D eigenvalue weighted by Crippen LogP contribution is 2.15. The fraction of sp³-hybridized carbons (Fsp3) is 0.455. The molecular formula is C11H15NO6S. The predicted molar refractivity (Wildman–Crippen MR) is 66.4 cm³/mol. The molecule has 0 aliphatic carbocycles. The van der Waals surface area contributed by atoms with Crippen molar-refractivity contribution in [1.29, 1.82) is 0 Å². The van der Waals surface area contributed by atoms with Gasteiger partial charge in [0.25, 0.3) is 0 Å². The van der Waals surface area contributed by atoms with E-state index < -0.39 is 27.9 Å². The number of carbonyl (C=O) groups is 2. The van der Waals surface area contributed by atoms with Crippen molar-refractivity contribution in [1.82, 2.24) is 5.32 Å². The number of carboxylic acids is 1. The number of hydrogen-bond donors (Lipinski definition) is 2. The zero-order chi connectivity index (χ0) is 14.4. The van der Waals surface area contributed by atoms with Gasteiger partial charge in [0.2, 0.25) is 11.7 Å². The van der Waals surface area contributed by atoms with E-state index >= 15 is 0 Å². The molecule has 1 aromatic rings. The molecule has 0 aromatic carbocycles. The number of carboxylic acid groups (broad SMARTS) is 1. The Morgan fingerprint density at radius 1 is 1.53 bits per heavy atom. The van der Waals surface area contributed by atoms with Crippen LogP contribution in [0, 0.1) is 0 Å². The summed E-state index contributed by atoms with van der Waals surface area (Å²) in [5, 5.41) is 10.4. The lowest BCUT2D eigenvalue weighted by atomic mass is 10.4. The molecule has 2 unspecified atom stereocenters. The maximum atomic E-state index is 12.0. The number of furan rings is 1. The summed E-state index contributed by atoms with van der Waals surface area (Å²) >= 11 is 0. The molecule has 0 fully saturated rings. The number of amides is 1. The second-order valence-corrected chi connectivity index (χ2v) is 5.35. The summed E-state index contributed by atoms with van der Waals surface area (Å²) in [5.41, 5.74) is 0. The Morgan fingerprint density at radius 3 is 2.74 bits per heavy atom. The predicted octanol–water partition coefficient (Wildman–Crippen LogP) is 0.236. The van der Waals surface area contributed by atoms with Gasteiger partial charge in [0.05, 0.1) is 6.61 Å². The molecule has 1 amide bonds. The Kier molecular flexibility index (Phi) is 5.71. The van der Waals surface area contributed by atoms with Crippen molar-refractivity contribution < 1.29 is 28.1 Å². The normalized spacial score (nSPS) is 13.8. The highest BCUT2D eigenvalue weighted by atomic mass is 32.2. The van der Waals surface area contributed by atoms with Gasteiger partial charge in [0, 0.05) is 13.7 Å². The standard InChI is InChI=1S/C11H15NO6S/c1-7(10(13)12-5-6-17-2)19(16)9-4-3-8(18-9)11(14)15/h3-4,7H,5-6H2,1-2H3,(H,12,13)(H,14,15). The van der Waals surface area contributed by atoms with E-state index in [1.807, 2.05) is 0 Å². The van der Waals surface area contributed by atoms with Crippen molar-refractivity contribution in [2.24, 2.45) is 0 Å². The molecule has 0 bridgehead atoms. The SMILES string of the molecule is COCCNC(=O)C(C)S(=O)c1ccc(C(=O)O)o1. The molecule has 1 heterocycles. The van der Waals surface area contributed by atoms with Gasteiger partial charge < -0.3 is 19.6 Å². The molecule has 0 saturated heterocycles. The van der Waals surface area contributed by atoms with E-state index in [1.54, 1.807) is 0 Å². The van der Waals surface area contributed by atoms with Crippen LogP contribution in [0.25, 0.3) is 0 Å². The van der Waals surface area contributed by atoms with E-state index in [9.17, 15) is 13.8 Å². The smallest absolute Gasteiger partial charge is 0.371 e. The first-order valence-corrected chi connectivity index (χ1v) is 6.69. The Hall–Kier alpha value is -1.67. The van der Waals surface area contributed by atoms with Gasteiger partial charge in [-0.15, -0.1) is 0 Å². The number of hydrogen-bond acceptors (Lipinski definition) is 5. The largest absolute Gasteiger partial charge is 0.475 e. The molecule has 106 valence electrons. The summed E-state index contributed by atoms with van der Waals surface area (Å²) in [6.07, 6.45) is 0. The lowest BCUT2D eigenvalue weighted by Crippen LogP contribution is -2.37. The van der Waals surface area contributed by atoms with Crippen LogP contribution in [0.5, 0.6) is 0 Å². The highest BCUT2D eigenvalue weighted by Gasteiger charge is 2.24. The average Bonchev–Trinajstić information content (AvgIpc) is 2.86. The molecule has 1 aromatic heterocycles. The van der Waals surface area contributed by atoms with Crippen LogP contribution in [0.2, 0.25) is 0 Å². The number of aromatic carboxylic acids is 1. The van der Waals surface area contributed by atoms with Crippen LogP contribution in [0.1, 0.15) is 17.5 Å². The lowest BCUT2D eigenvalue weighted by Gasteiger charge is -2.10. The summed E-state index contributed by atoms with van der Waals surface area (Å²) in [4.78, 5) is 22.3. The van der Waals surface area contributed by atoms with Crippen LogP contribution in [-0.2, 0) is 20.3 Å². The molecule has 1 rings (SSSR count). The van der Waals surface area contributed by atoms with Gasteiger partial charge in [-0.2, -0.15) is 0 Å². The summed E-state index contributed by atoms with van der Waals surface area (Å²) in [7, 11) is -0.238. The third kappa shape index (κ3) is 4.18. The fourth-order valence-electron chi connectivity index (χ4n) is 1.23. The fourth-order valence-corrected chi connectivity index (χ4v) is 2.23. The second kappa shape index (κ2) is 7.05. The number of methoxy groups -OCH3 is 1. The summed E-state index contributed by atoms with van der Waals surface area (Å²) in [6.45, 7) is 2.14. The van der Waals surface area contributed by atoms with Gasteiger partial charge in [-0.05, 0) is 19.1 Å². The van der Waals surface area contributed by atoms with Crippen molar-refractivity contribution in [3.63, 3.8) is 0 Å². The molecule has 8 heteroatoms. The zero-order valence-corrected chi connectivity index (χ0v) is 11.4. The summed E-state index contributed by atoms with van der Waals surface area (Å²) in [6, 6.07) is 2.49. The average molecular weight is 289 g/mol. The molecule has 2 atom stereocenters. The van der Waals surface area contributed by atoms with Crippen LogP contribution in [-0.4, -0.2) is 46.7 Å². The van der Waals surface area contributed by atoms with Crippen LogP contribution in [0.15, 0.2) is 21.6 Å². The number of nitrogens with one attached hydrogen (secondary N) is 1. The number of carbonyl (C=O) groups excluding carboxylic acids is 1. The first-order chi connectivity index (χ1) is 8.97. The molecule has 0 saturated carbocycles.